The van der Waals surface area contributed by atoms with Gasteiger partial charge in [0.05, 0.1) is 30.9 Å². The van der Waals surface area contributed by atoms with Crippen LogP contribution >= 0.6 is 0 Å². The summed E-state index contributed by atoms with van der Waals surface area (Å²) < 4.78 is 0. The summed E-state index contributed by atoms with van der Waals surface area (Å²) in [5.41, 5.74) is 0. The summed E-state index contributed by atoms with van der Waals surface area (Å²) >= 11 is 0. The molecule has 6 nitrogen and oxygen atoms in total. The fourth-order valence-electron chi connectivity index (χ4n) is 1.54. The van der Waals surface area contributed by atoms with Crippen LogP contribution in [0.1, 0.15) is 6.92 Å². The molecule has 0 aromatic carbocycles. The van der Waals surface area contributed by atoms with Gasteiger partial charge in [0.25, 0.3) is 0 Å². The predicted octanol–water partition coefficient (Wildman–Crippen LogP) is -2.82. The summed E-state index contributed by atoms with van der Waals surface area (Å²) in [5, 5.41) is 33.1. The molecule has 6 heteroatoms. The molecule has 0 spiro atoms. The predicted molar refractivity (Wildman–Crippen MR) is 48.5 cm³/mol. The second-order valence-electron chi connectivity index (χ2n) is 3.48. The van der Waals surface area contributed by atoms with Crippen molar-refractivity contribution in [1.29, 1.82) is 0 Å². The van der Waals surface area contributed by atoms with Gasteiger partial charge in [-0.25, -0.2) is 0 Å². The largest absolute Gasteiger partial charge is 0.395 e. The minimum Gasteiger partial charge on any atom is -0.395 e. The van der Waals surface area contributed by atoms with Crippen LogP contribution in [-0.2, 0) is 4.79 Å². The summed E-state index contributed by atoms with van der Waals surface area (Å²) in [7, 11) is 0. The van der Waals surface area contributed by atoms with Crippen molar-refractivity contribution in [2.75, 3.05) is 13.2 Å². The van der Waals surface area contributed by atoms with Crippen molar-refractivity contribution < 1.29 is 20.1 Å². The molecule has 4 atom stereocenters. The van der Waals surface area contributed by atoms with Crippen molar-refractivity contribution >= 4 is 5.91 Å². The van der Waals surface area contributed by atoms with E-state index in [2.05, 4.69) is 10.6 Å². The van der Waals surface area contributed by atoms with Gasteiger partial charge in [0.15, 0.2) is 0 Å². The molecule has 5 N–H and O–H groups in total. The first-order valence-corrected chi connectivity index (χ1v) is 4.53. The van der Waals surface area contributed by atoms with Gasteiger partial charge < -0.3 is 26.0 Å². The highest BCUT2D eigenvalue weighted by molar-refractivity contribution is 5.72. The van der Waals surface area contributed by atoms with Gasteiger partial charge in [-0.05, 0) is 0 Å². The Morgan fingerprint density at radius 2 is 1.93 bits per heavy atom. The molecule has 1 aliphatic heterocycles. The smallest absolute Gasteiger partial charge is 0.216 e. The first-order chi connectivity index (χ1) is 6.56. The molecule has 1 rings (SSSR count). The average Bonchev–Trinajstić information content (AvgIpc) is 2.41. The van der Waals surface area contributed by atoms with Crippen molar-refractivity contribution in [2.45, 2.75) is 31.2 Å². The van der Waals surface area contributed by atoms with E-state index < -0.39 is 24.3 Å². The fourth-order valence-corrected chi connectivity index (χ4v) is 1.54. The van der Waals surface area contributed by atoms with Gasteiger partial charge in [-0.2, -0.15) is 0 Å². The maximum Gasteiger partial charge on any atom is 0.216 e. The van der Waals surface area contributed by atoms with Crippen LogP contribution in [-0.4, -0.2) is 58.7 Å². The molecular formula is C8H16N2O4. The lowest BCUT2D eigenvalue weighted by Crippen LogP contribution is -2.43. The Morgan fingerprint density at radius 3 is 2.36 bits per heavy atom. The number of nitrogens with one attached hydrogen (secondary N) is 2. The zero-order valence-electron chi connectivity index (χ0n) is 7.97. The van der Waals surface area contributed by atoms with Gasteiger partial charge in [0.2, 0.25) is 5.91 Å². The summed E-state index contributed by atoms with van der Waals surface area (Å²) in [6, 6.07) is -0.935. The van der Waals surface area contributed by atoms with Crippen LogP contribution in [0.3, 0.4) is 0 Å². The average molecular weight is 204 g/mol. The number of carbonyl (C=O) groups excluding carboxylic acids is 1. The van der Waals surface area contributed by atoms with Crippen LogP contribution in [0.4, 0.5) is 0 Å². The van der Waals surface area contributed by atoms with E-state index >= 15 is 0 Å². The van der Waals surface area contributed by atoms with Crippen LogP contribution in [0.15, 0.2) is 0 Å². The number of carbonyl (C=O) groups is 1. The van der Waals surface area contributed by atoms with Gasteiger partial charge in [-0.3, -0.25) is 4.79 Å². The first kappa shape index (κ1) is 11.4. The van der Waals surface area contributed by atoms with Gasteiger partial charge in [-0.1, -0.05) is 0 Å². The van der Waals surface area contributed by atoms with Gasteiger partial charge >= 0.3 is 0 Å². The third kappa shape index (κ3) is 2.42. The van der Waals surface area contributed by atoms with E-state index in [0.717, 1.165) is 0 Å². The molecule has 1 aliphatic rings. The molecule has 82 valence electrons. The zero-order chi connectivity index (χ0) is 10.7. The Labute approximate surface area is 81.9 Å². The number of aliphatic hydroxyl groups excluding tert-OH is 3. The Kier molecular flexibility index (Phi) is 3.82. The van der Waals surface area contributed by atoms with E-state index in [1.54, 1.807) is 0 Å². The van der Waals surface area contributed by atoms with E-state index in [4.69, 9.17) is 5.11 Å². The number of hydrogen-bond acceptors (Lipinski definition) is 5. The van der Waals surface area contributed by atoms with Crippen LogP contribution in [0.5, 0.6) is 0 Å². The van der Waals surface area contributed by atoms with E-state index in [1.165, 1.54) is 6.92 Å². The Morgan fingerprint density at radius 1 is 1.36 bits per heavy atom. The molecule has 0 saturated carbocycles. The molecule has 1 saturated heterocycles. The maximum atomic E-state index is 10.6. The van der Waals surface area contributed by atoms with E-state index in [1.807, 2.05) is 0 Å². The first-order valence-electron chi connectivity index (χ1n) is 4.53. The molecule has 14 heavy (non-hydrogen) atoms. The van der Waals surface area contributed by atoms with E-state index in [9.17, 15) is 15.0 Å². The minimum atomic E-state index is -0.987. The van der Waals surface area contributed by atoms with E-state index in [-0.39, 0.29) is 19.1 Å². The highest BCUT2D eigenvalue weighted by atomic mass is 16.3. The van der Waals surface area contributed by atoms with Crippen molar-refractivity contribution in [3.8, 4) is 0 Å². The van der Waals surface area contributed by atoms with Crippen LogP contribution in [0.25, 0.3) is 0 Å². The van der Waals surface area contributed by atoms with Gasteiger partial charge in [0.1, 0.15) is 0 Å². The van der Waals surface area contributed by atoms with Crippen LogP contribution in [0, 0.1) is 0 Å². The number of hydrogen-bond donors (Lipinski definition) is 5. The second-order valence-corrected chi connectivity index (χ2v) is 3.48. The normalized spacial score (nSPS) is 37.1. The quantitative estimate of drug-likeness (QED) is 0.341. The van der Waals surface area contributed by atoms with Crippen LogP contribution < -0.4 is 10.6 Å². The third-order valence-corrected chi connectivity index (χ3v) is 2.37. The topological polar surface area (TPSA) is 102 Å². The van der Waals surface area contributed by atoms with Crippen LogP contribution in [0.2, 0.25) is 0 Å². The third-order valence-electron chi connectivity index (χ3n) is 2.37. The van der Waals surface area contributed by atoms with Crippen molar-refractivity contribution in [3.05, 3.63) is 0 Å². The molecule has 0 radical (unpaired) electrons. The lowest BCUT2D eigenvalue weighted by atomic mass is 10.1. The van der Waals surface area contributed by atoms with E-state index in [0.29, 0.717) is 0 Å². The molecule has 1 heterocycles. The molecule has 0 aromatic rings. The van der Waals surface area contributed by atoms with Crippen molar-refractivity contribution in [2.24, 2.45) is 0 Å². The van der Waals surface area contributed by atoms with Crippen molar-refractivity contribution in [3.63, 3.8) is 0 Å². The lowest BCUT2D eigenvalue weighted by molar-refractivity contribution is -0.119. The summed E-state index contributed by atoms with van der Waals surface area (Å²) in [5.74, 6) is -0.194. The lowest BCUT2D eigenvalue weighted by Gasteiger charge is -2.15. The Hall–Kier alpha value is -0.690. The molecule has 0 aromatic heterocycles. The van der Waals surface area contributed by atoms with Gasteiger partial charge in [0, 0.05) is 13.5 Å². The Bertz CT molecular complexity index is 212. The minimum absolute atomic E-state index is 0.194. The highest BCUT2D eigenvalue weighted by Crippen LogP contribution is 2.13. The molecule has 1 amide bonds. The molecule has 1 fully saturated rings. The summed E-state index contributed by atoms with van der Waals surface area (Å²) in [6.07, 6.45) is -1.95. The zero-order valence-corrected chi connectivity index (χ0v) is 7.97. The molecule has 0 bridgehead atoms. The Balaban J connectivity index is 2.44. The summed E-state index contributed by atoms with van der Waals surface area (Å²) in [6.45, 7) is 1.38. The maximum absolute atomic E-state index is 10.6. The SMILES string of the molecule is CC(=O)NC[C@H]1N[C@H](CO)[C@@H](O)[C@H]1O. The summed E-state index contributed by atoms with van der Waals surface area (Å²) in [4.78, 5) is 10.6. The number of rotatable bonds is 3. The second kappa shape index (κ2) is 4.70. The monoisotopic (exact) mass is 204 g/mol. The molecule has 0 unspecified atom stereocenters. The molecule has 0 aliphatic carbocycles. The van der Waals surface area contributed by atoms with Crippen molar-refractivity contribution in [1.82, 2.24) is 10.6 Å². The standard InChI is InChI=1S/C8H16N2O4/c1-4(12)9-2-5-7(13)8(14)6(3-11)10-5/h5-8,10-11,13-14H,2-3H2,1H3,(H,9,12)/t5-,6-,7+,8-/m1/s1. The number of amides is 1. The fraction of sp³-hybridized carbons (Fsp3) is 0.875. The highest BCUT2D eigenvalue weighted by Gasteiger charge is 2.40. The molecular weight excluding hydrogens is 188 g/mol. The van der Waals surface area contributed by atoms with Gasteiger partial charge in [-0.15, -0.1) is 0 Å². The number of aliphatic hydroxyl groups is 3.